The predicted octanol–water partition coefficient (Wildman–Crippen LogP) is 0.207. The lowest BCUT2D eigenvalue weighted by Gasteiger charge is -2.24. The maximum Gasteiger partial charge on any atom is 0.240 e. The smallest absolute Gasteiger partial charge is 0.240 e. The van der Waals surface area contributed by atoms with Gasteiger partial charge in [-0.15, -0.1) is 11.3 Å². The summed E-state index contributed by atoms with van der Waals surface area (Å²) < 4.78 is 0. The number of imide groups is 1. The summed E-state index contributed by atoms with van der Waals surface area (Å²) in [6, 6.07) is 3.97. The number of carbonyl (C=O) groups excluding carboxylic acids is 2. The first-order valence-corrected chi connectivity index (χ1v) is 5.19. The maximum atomic E-state index is 11.0. The minimum atomic E-state index is -0.210. The third-order valence-corrected chi connectivity index (χ3v) is 2.83. The third kappa shape index (κ3) is 2.18. The fourth-order valence-corrected chi connectivity index (χ4v) is 2.18. The molecule has 1 saturated heterocycles. The predicted molar refractivity (Wildman–Crippen MR) is 52.7 cm³/mol. The zero-order valence-corrected chi connectivity index (χ0v) is 8.34. The number of rotatable bonds is 2. The Labute approximate surface area is 85.5 Å². The van der Waals surface area contributed by atoms with Gasteiger partial charge in [-0.2, -0.15) is 0 Å². The van der Waals surface area contributed by atoms with Crippen LogP contribution in [0.3, 0.4) is 0 Å². The van der Waals surface area contributed by atoms with Crippen molar-refractivity contribution >= 4 is 23.2 Å². The van der Waals surface area contributed by atoms with Crippen molar-refractivity contribution in [2.75, 3.05) is 13.1 Å². The van der Waals surface area contributed by atoms with Crippen LogP contribution >= 0.6 is 11.3 Å². The van der Waals surface area contributed by atoms with Crippen molar-refractivity contribution in [3.05, 3.63) is 22.4 Å². The molecule has 5 heteroatoms. The fraction of sp³-hybridized carbons (Fsp3) is 0.333. The zero-order chi connectivity index (χ0) is 9.97. The van der Waals surface area contributed by atoms with Crippen molar-refractivity contribution in [3.8, 4) is 0 Å². The van der Waals surface area contributed by atoms with Gasteiger partial charge in [0, 0.05) is 11.4 Å². The lowest BCUT2D eigenvalue weighted by molar-refractivity contribution is -0.136. The van der Waals surface area contributed by atoms with E-state index in [1.807, 2.05) is 22.4 Å². The van der Waals surface area contributed by atoms with Gasteiger partial charge in [0.1, 0.15) is 0 Å². The first-order chi connectivity index (χ1) is 6.74. The van der Waals surface area contributed by atoms with Crippen molar-refractivity contribution in [1.82, 2.24) is 10.2 Å². The number of thiophene rings is 1. The molecule has 0 unspecified atom stereocenters. The van der Waals surface area contributed by atoms with Crippen LogP contribution in [-0.4, -0.2) is 29.8 Å². The molecule has 2 heterocycles. The van der Waals surface area contributed by atoms with Gasteiger partial charge in [0.25, 0.3) is 0 Å². The molecule has 14 heavy (non-hydrogen) atoms. The summed E-state index contributed by atoms with van der Waals surface area (Å²) in [6.07, 6.45) is 0. The first kappa shape index (κ1) is 9.36. The monoisotopic (exact) mass is 210 g/mol. The van der Waals surface area contributed by atoms with Gasteiger partial charge in [-0.25, -0.2) is 0 Å². The molecule has 1 aromatic heterocycles. The molecule has 1 aliphatic rings. The highest BCUT2D eigenvalue weighted by Gasteiger charge is 2.22. The molecule has 0 spiro atoms. The van der Waals surface area contributed by atoms with Crippen molar-refractivity contribution in [2.45, 2.75) is 6.54 Å². The Kier molecular flexibility index (Phi) is 2.60. The van der Waals surface area contributed by atoms with Gasteiger partial charge in [-0.05, 0) is 11.4 Å². The van der Waals surface area contributed by atoms with Crippen LogP contribution in [0.5, 0.6) is 0 Å². The molecule has 1 aromatic rings. The summed E-state index contributed by atoms with van der Waals surface area (Å²) in [4.78, 5) is 25.1. The molecule has 0 aromatic carbocycles. The number of amides is 2. The highest BCUT2D eigenvalue weighted by atomic mass is 32.1. The Morgan fingerprint density at radius 3 is 2.64 bits per heavy atom. The molecule has 0 bridgehead atoms. The molecule has 0 radical (unpaired) electrons. The van der Waals surface area contributed by atoms with Gasteiger partial charge in [0.15, 0.2) is 0 Å². The van der Waals surface area contributed by atoms with Crippen LogP contribution < -0.4 is 5.32 Å². The Bertz CT molecular complexity index is 332. The molecule has 1 N–H and O–H groups in total. The molecule has 2 amide bonds. The molecule has 0 saturated carbocycles. The molecule has 1 aliphatic heterocycles. The van der Waals surface area contributed by atoms with E-state index in [2.05, 4.69) is 5.32 Å². The molecule has 4 nitrogen and oxygen atoms in total. The van der Waals surface area contributed by atoms with E-state index in [0.29, 0.717) is 19.6 Å². The lowest BCUT2D eigenvalue weighted by Crippen LogP contribution is -2.50. The average Bonchev–Trinajstić information content (AvgIpc) is 2.54. The van der Waals surface area contributed by atoms with Crippen molar-refractivity contribution in [3.63, 3.8) is 0 Å². The second kappa shape index (κ2) is 3.89. The number of piperazine rings is 1. The van der Waals surface area contributed by atoms with Crippen molar-refractivity contribution < 1.29 is 9.59 Å². The Balaban J connectivity index is 1.98. The maximum absolute atomic E-state index is 11.0. The van der Waals surface area contributed by atoms with Gasteiger partial charge >= 0.3 is 0 Å². The normalized spacial score (nSPS) is 18.3. The molecular weight excluding hydrogens is 200 g/mol. The standard InChI is InChI=1S/C9H10N2O2S/c12-8-5-11(6-9(13)10-8)4-7-2-1-3-14-7/h1-3H,4-6H2,(H,10,12,13). The lowest BCUT2D eigenvalue weighted by atomic mass is 10.3. The number of hydrogen-bond acceptors (Lipinski definition) is 4. The Morgan fingerprint density at radius 1 is 1.36 bits per heavy atom. The number of hydrogen-bond donors (Lipinski definition) is 1. The second-order valence-corrected chi connectivity index (χ2v) is 4.23. The first-order valence-electron chi connectivity index (χ1n) is 4.31. The highest BCUT2D eigenvalue weighted by Crippen LogP contribution is 2.12. The number of nitrogens with one attached hydrogen (secondary N) is 1. The van der Waals surface area contributed by atoms with E-state index in [4.69, 9.17) is 0 Å². The van der Waals surface area contributed by atoms with E-state index in [1.165, 1.54) is 4.88 Å². The minimum Gasteiger partial charge on any atom is -0.294 e. The average molecular weight is 210 g/mol. The van der Waals surface area contributed by atoms with Crippen molar-refractivity contribution in [1.29, 1.82) is 0 Å². The number of carbonyl (C=O) groups is 2. The molecule has 0 atom stereocenters. The number of nitrogens with zero attached hydrogens (tertiary/aromatic N) is 1. The van der Waals surface area contributed by atoms with E-state index in [9.17, 15) is 9.59 Å². The van der Waals surface area contributed by atoms with E-state index < -0.39 is 0 Å². The van der Waals surface area contributed by atoms with Crippen LogP contribution in [0.1, 0.15) is 4.88 Å². The summed E-state index contributed by atoms with van der Waals surface area (Å²) in [5.41, 5.74) is 0. The summed E-state index contributed by atoms with van der Waals surface area (Å²) in [7, 11) is 0. The van der Waals surface area contributed by atoms with Gasteiger partial charge in [-0.3, -0.25) is 19.8 Å². The van der Waals surface area contributed by atoms with Gasteiger partial charge in [-0.1, -0.05) is 6.07 Å². The van der Waals surface area contributed by atoms with Gasteiger partial charge in [0.2, 0.25) is 11.8 Å². The molecule has 1 fully saturated rings. The second-order valence-electron chi connectivity index (χ2n) is 3.20. The van der Waals surface area contributed by atoms with Crippen LogP contribution in [0, 0.1) is 0 Å². The van der Waals surface area contributed by atoms with E-state index in [1.54, 1.807) is 11.3 Å². The van der Waals surface area contributed by atoms with Crippen LogP contribution in [-0.2, 0) is 16.1 Å². The zero-order valence-electron chi connectivity index (χ0n) is 7.53. The molecule has 2 rings (SSSR count). The Morgan fingerprint density at radius 2 is 2.07 bits per heavy atom. The summed E-state index contributed by atoms with van der Waals surface area (Å²) >= 11 is 1.63. The summed E-state index contributed by atoms with van der Waals surface area (Å²) in [5.74, 6) is -0.421. The molecular formula is C9H10N2O2S. The van der Waals surface area contributed by atoms with Crippen molar-refractivity contribution in [2.24, 2.45) is 0 Å². The topological polar surface area (TPSA) is 49.4 Å². The SMILES string of the molecule is O=C1CN(Cc2cccs2)CC(=O)N1. The molecule has 74 valence electrons. The van der Waals surface area contributed by atoms with E-state index in [-0.39, 0.29) is 11.8 Å². The fourth-order valence-electron chi connectivity index (χ4n) is 1.43. The Hall–Kier alpha value is -1.20. The van der Waals surface area contributed by atoms with Gasteiger partial charge in [0.05, 0.1) is 13.1 Å². The third-order valence-electron chi connectivity index (χ3n) is 1.97. The van der Waals surface area contributed by atoms with Crippen LogP contribution in [0.2, 0.25) is 0 Å². The molecule has 0 aliphatic carbocycles. The van der Waals surface area contributed by atoms with E-state index >= 15 is 0 Å². The van der Waals surface area contributed by atoms with Crippen LogP contribution in [0.25, 0.3) is 0 Å². The summed E-state index contributed by atoms with van der Waals surface area (Å²) in [5, 5.41) is 4.26. The summed E-state index contributed by atoms with van der Waals surface area (Å²) in [6.45, 7) is 1.30. The minimum absolute atomic E-state index is 0.210. The quantitative estimate of drug-likeness (QED) is 0.710. The largest absolute Gasteiger partial charge is 0.294 e. The van der Waals surface area contributed by atoms with Crippen LogP contribution in [0.15, 0.2) is 17.5 Å². The van der Waals surface area contributed by atoms with Gasteiger partial charge < -0.3 is 0 Å². The highest BCUT2D eigenvalue weighted by molar-refractivity contribution is 7.09. The van der Waals surface area contributed by atoms with Crippen LogP contribution in [0.4, 0.5) is 0 Å². The van der Waals surface area contributed by atoms with E-state index in [0.717, 1.165) is 0 Å².